The Morgan fingerprint density at radius 3 is 2.60 bits per heavy atom. The molecule has 0 bridgehead atoms. The number of carbonyl (C=O) groups is 1. The summed E-state index contributed by atoms with van der Waals surface area (Å²) in [6, 6.07) is 15.1. The molecular formula is C22H26N2O. The molecule has 3 heteroatoms. The van der Waals surface area contributed by atoms with Crippen LogP contribution in [-0.4, -0.2) is 28.4 Å². The topological polar surface area (TPSA) is 33.2 Å². The minimum atomic E-state index is 0.163. The van der Waals surface area contributed by atoms with Crippen LogP contribution < -0.4 is 0 Å². The largest absolute Gasteiger partial charge is 0.335 e. The van der Waals surface area contributed by atoms with Crippen LogP contribution in [0.15, 0.2) is 48.7 Å². The summed E-state index contributed by atoms with van der Waals surface area (Å²) >= 11 is 0. The van der Waals surface area contributed by atoms with Gasteiger partial charge in [0.2, 0.25) is 0 Å². The Morgan fingerprint density at radius 2 is 1.84 bits per heavy atom. The van der Waals surface area contributed by atoms with E-state index in [2.05, 4.69) is 40.2 Å². The average Bonchev–Trinajstić information content (AvgIpc) is 2.68. The number of piperidine rings is 1. The molecule has 1 aliphatic heterocycles. The monoisotopic (exact) mass is 334 g/mol. The third kappa shape index (κ3) is 3.20. The maximum atomic E-state index is 13.1. The Kier molecular flexibility index (Phi) is 4.56. The second kappa shape index (κ2) is 6.99. The van der Waals surface area contributed by atoms with Gasteiger partial charge in [-0.3, -0.25) is 9.78 Å². The van der Waals surface area contributed by atoms with Gasteiger partial charge in [-0.1, -0.05) is 43.2 Å². The summed E-state index contributed by atoms with van der Waals surface area (Å²) in [7, 11) is 0. The first-order chi connectivity index (χ1) is 12.2. The van der Waals surface area contributed by atoms with Gasteiger partial charge in [-0.25, -0.2) is 0 Å². The van der Waals surface area contributed by atoms with Crippen LogP contribution in [-0.2, 0) is 0 Å². The molecule has 2 aromatic rings. The lowest BCUT2D eigenvalue weighted by Crippen LogP contribution is -2.52. The summed E-state index contributed by atoms with van der Waals surface area (Å²) in [4.78, 5) is 19.6. The highest BCUT2D eigenvalue weighted by Gasteiger charge is 2.41. The van der Waals surface area contributed by atoms with Crippen LogP contribution >= 0.6 is 0 Å². The zero-order chi connectivity index (χ0) is 17.2. The molecule has 3 atom stereocenters. The number of pyridine rings is 1. The van der Waals surface area contributed by atoms with Crippen LogP contribution in [0.3, 0.4) is 0 Å². The molecule has 1 saturated heterocycles. The van der Waals surface area contributed by atoms with Gasteiger partial charge in [0.1, 0.15) is 0 Å². The van der Waals surface area contributed by atoms with E-state index in [-0.39, 0.29) is 5.91 Å². The molecule has 25 heavy (non-hydrogen) atoms. The molecule has 0 radical (unpaired) electrons. The molecule has 1 amide bonds. The molecule has 4 rings (SSSR count). The van der Waals surface area contributed by atoms with Gasteiger partial charge >= 0.3 is 0 Å². The van der Waals surface area contributed by atoms with Crippen LogP contribution in [0.4, 0.5) is 0 Å². The van der Waals surface area contributed by atoms with E-state index in [4.69, 9.17) is 0 Å². The van der Waals surface area contributed by atoms with E-state index in [9.17, 15) is 4.79 Å². The quantitative estimate of drug-likeness (QED) is 0.805. The van der Waals surface area contributed by atoms with E-state index in [1.807, 2.05) is 19.1 Å². The molecule has 1 aliphatic carbocycles. The number of amides is 1. The number of carbonyl (C=O) groups excluding carboxylic acids is 1. The summed E-state index contributed by atoms with van der Waals surface area (Å²) in [6.07, 6.45) is 7.70. The zero-order valence-electron chi connectivity index (χ0n) is 14.9. The predicted molar refractivity (Wildman–Crippen MR) is 99.6 cm³/mol. The molecule has 1 aromatic carbocycles. The summed E-state index contributed by atoms with van der Waals surface area (Å²) < 4.78 is 0. The lowest BCUT2D eigenvalue weighted by molar-refractivity contribution is 0.0319. The molecule has 2 aliphatic rings. The molecule has 0 unspecified atom stereocenters. The van der Waals surface area contributed by atoms with Crippen LogP contribution in [0.1, 0.15) is 59.6 Å². The first kappa shape index (κ1) is 16.3. The standard InChI is InChI=1S/C22H26N2O/c1-16-11-12-18(15-23-16)22(25)24-14-13-19(17-7-3-2-4-8-17)20-9-5-6-10-21(20)24/h2-4,7-8,11-12,15,19-21H,5-6,9-10,13-14H2,1H3/t19-,20-,21-/m1/s1. The van der Waals surface area contributed by atoms with E-state index < -0.39 is 0 Å². The fourth-order valence-corrected chi connectivity index (χ4v) is 4.78. The van der Waals surface area contributed by atoms with Gasteiger partial charge in [0, 0.05) is 24.5 Å². The molecule has 1 aromatic heterocycles. The first-order valence-electron chi connectivity index (χ1n) is 9.52. The Balaban J connectivity index is 1.59. The highest BCUT2D eigenvalue weighted by molar-refractivity contribution is 5.94. The van der Waals surface area contributed by atoms with Crippen molar-refractivity contribution in [3.63, 3.8) is 0 Å². The van der Waals surface area contributed by atoms with Gasteiger partial charge in [0.05, 0.1) is 5.56 Å². The first-order valence-corrected chi connectivity index (χ1v) is 9.52. The van der Waals surface area contributed by atoms with Crippen molar-refractivity contribution in [1.29, 1.82) is 0 Å². The number of hydrogen-bond acceptors (Lipinski definition) is 2. The fourth-order valence-electron chi connectivity index (χ4n) is 4.78. The van der Waals surface area contributed by atoms with Crippen molar-refractivity contribution in [2.45, 2.75) is 51.0 Å². The summed E-state index contributed by atoms with van der Waals surface area (Å²) in [5.41, 5.74) is 3.13. The molecule has 2 fully saturated rings. The summed E-state index contributed by atoms with van der Waals surface area (Å²) in [6.45, 7) is 2.81. The van der Waals surface area contributed by atoms with Gasteiger partial charge < -0.3 is 4.90 Å². The van der Waals surface area contributed by atoms with Crippen molar-refractivity contribution in [3.05, 3.63) is 65.5 Å². The Morgan fingerprint density at radius 1 is 1.04 bits per heavy atom. The Bertz CT molecular complexity index is 725. The second-order valence-corrected chi connectivity index (χ2v) is 7.51. The number of aryl methyl sites for hydroxylation is 1. The molecule has 1 saturated carbocycles. The number of benzene rings is 1. The zero-order valence-corrected chi connectivity index (χ0v) is 14.9. The number of nitrogens with zero attached hydrogens (tertiary/aromatic N) is 2. The number of hydrogen-bond donors (Lipinski definition) is 0. The Hall–Kier alpha value is -2.16. The minimum absolute atomic E-state index is 0.163. The molecule has 2 heterocycles. The summed E-state index contributed by atoms with van der Waals surface area (Å²) in [5, 5.41) is 0. The van der Waals surface area contributed by atoms with Crippen molar-refractivity contribution >= 4 is 5.91 Å². The van der Waals surface area contributed by atoms with E-state index in [0.717, 1.165) is 30.6 Å². The van der Waals surface area contributed by atoms with E-state index in [1.165, 1.54) is 24.8 Å². The van der Waals surface area contributed by atoms with Gasteiger partial charge in [-0.2, -0.15) is 0 Å². The SMILES string of the molecule is Cc1ccc(C(=O)N2CC[C@H](c3ccccc3)[C@H]3CCCC[C@H]32)cn1. The number of likely N-dealkylation sites (tertiary alicyclic amines) is 1. The van der Waals surface area contributed by atoms with Gasteiger partial charge in [-0.05, 0) is 55.7 Å². The van der Waals surface area contributed by atoms with Crippen molar-refractivity contribution in [2.75, 3.05) is 6.54 Å². The van der Waals surface area contributed by atoms with E-state index >= 15 is 0 Å². The predicted octanol–water partition coefficient (Wildman–Crippen LogP) is 4.58. The maximum absolute atomic E-state index is 13.1. The molecule has 130 valence electrons. The number of fused-ring (bicyclic) bond motifs is 1. The van der Waals surface area contributed by atoms with Gasteiger partial charge in [-0.15, -0.1) is 0 Å². The lowest BCUT2D eigenvalue weighted by Gasteiger charge is -2.48. The van der Waals surface area contributed by atoms with E-state index in [1.54, 1.807) is 6.20 Å². The molecule has 3 nitrogen and oxygen atoms in total. The normalized spacial score (nSPS) is 26.1. The molecule has 0 N–H and O–H groups in total. The highest BCUT2D eigenvalue weighted by Crippen LogP contribution is 2.44. The van der Waals surface area contributed by atoms with Crippen molar-refractivity contribution < 1.29 is 4.79 Å². The number of aromatic nitrogens is 1. The van der Waals surface area contributed by atoms with Crippen LogP contribution in [0.5, 0.6) is 0 Å². The van der Waals surface area contributed by atoms with Crippen molar-refractivity contribution in [1.82, 2.24) is 9.88 Å². The van der Waals surface area contributed by atoms with Crippen molar-refractivity contribution in [3.8, 4) is 0 Å². The smallest absolute Gasteiger partial charge is 0.255 e. The summed E-state index contributed by atoms with van der Waals surface area (Å²) in [5.74, 6) is 1.34. The molecule has 0 spiro atoms. The Labute approximate surface area is 150 Å². The minimum Gasteiger partial charge on any atom is -0.335 e. The molecular weight excluding hydrogens is 308 g/mol. The average molecular weight is 334 g/mol. The fraction of sp³-hybridized carbons (Fsp3) is 0.455. The van der Waals surface area contributed by atoms with Crippen LogP contribution in [0, 0.1) is 12.8 Å². The highest BCUT2D eigenvalue weighted by atomic mass is 16.2. The maximum Gasteiger partial charge on any atom is 0.255 e. The van der Waals surface area contributed by atoms with E-state index in [0.29, 0.717) is 17.9 Å². The third-order valence-electron chi connectivity index (χ3n) is 6.03. The van der Waals surface area contributed by atoms with Crippen LogP contribution in [0.25, 0.3) is 0 Å². The number of rotatable bonds is 2. The lowest BCUT2D eigenvalue weighted by atomic mass is 9.69. The third-order valence-corrected chi connectivity index (χ3v) is 6.03. The van der Waals surface area contributed by atoms with Crippen LogP contribution in [0.2, 0.25) is 0 Å². The van der Waals surface area contributed by atoms with Gasteiger partial charge in [0.15, 0.2) is 0 Å². The van der Waals surface area contributed by atoms with Crippen molar-refractivity contribution in [2.24, 2.45) is 5.92 Å². The van der Waals surface area contributed by atoms with Gasteiger partial charge in [0.25, 0.3) is 5.91 Å². The second-order valence-electron chi connectivity index (χ2n) is 7.51.